The minimum atomic E-state index is -0.305. The fourth-order valence-corrected chi connectivity index (χ4v) is 10.1. The van der Waals surface area contributed by atoms with Crippen LogP contribution in [-0.4, -0.2) is 87.1 Å². The van der Waals surface area contributed by atoms with Gasteiger partial charge in [-0.15, -0.1) is 0 Å². The molecule has 264 valence electrons. The van der Waals surface area contributed by atoms with Crippen LogP contribution < -0.4 is 31.1 Å². The second-order valence-corrected chi connectivity index (χ2v) is 16.8. The van der Waals surface area contributed by atoms with Crippen molar-refractivity contribution in [2.45, 2.75) is 146 Å². The Bertz CT molecular complexity index is 1110. The molecule has 4 atom stereocenters. The number of nitrogens with one attached hydrogen (secondary N) is 6. The SMILES string of the molecule is CC[NH+]1CCCC(NC(=O)C2CCC(NC(=O)C34CCC(NC(=O)C5CCC(NC(=O)C6CCC[NH+](C)C6)CC5)(CC3)CC4)CC2)C1. The molecule has 10 nitrogen and oxygen atoms in total. The molecule has 10 heteroatoms. The second-order valence-electron chi connectivity index (χ2n) is 16.8. The van der Waals surface area contributed by atoms with Crippen LogP contribution in [0.2, 0.25) is 0 Å². The number of carbonyl (C=O) groups is 4. The van der Waals surface area contributed by atoms with E-state index < -0.39 is 0 Å². The molecule has 4 amide bonds. The Morgan fingerprint density at radius 3 is 1.77 bits per heavy atom. The zero-order valence-electron chi connectivity index (χ0n) is 29.4. The van der Waals surface area contributed by atoms with E-state index in [-0.39, 0.29) is 64.4 Å². The van der Waals surface area contributed by atoms with E-state index in [0.717, 1.165) is 135 Å². The lowest BCUT2D eigenvalue weighted by Gasteiger charge is -2.53. The molecule has 5 aliphatic carbocycles. The molecule has 2 aliphatic heterocycles. The van der Waals surface area contributed by atoms with E-state index in [9.17, 15) is 19.2 Å². The lowest BCUT2D eigenvalue weighted by atomic mass is 9.56. The molecule has 0 aromatic heterocycles. The van der Waals surface area contributed by atoms with Gasteiger partial charge >= 0.3 is 0 Å². The molecular weight excluding hydrogens is 592 g/mol. The Hall–Kier alpha value is -2.20. The highest BCUT2D eigenvalue weighted by Crippen LogP contribution is 2.53. The number of carbonyl (C=O) groups excluding carboxylic acids is 4. The molecular formula is C37H64N6O4+2. The fraction of sp³-hybridized carbons (Fsp3) is 0.892. The standard InChI is InChI=1S/C37H62N6O4/c1-3-43-23-5-7-31(25-43)39-32(44)26-8-14-30(15-9-26)40-35(47)36-16-19-37(20-17-36,21-18-36)41-34(46)27-10-12-29(13-11-27)38-33(45)28-6-4-22-42(2)24-28/h26-31H,3-25H2,1-2H3,(H,38,45)(H,39,44)(H,40,47)(H,41,46)/p+2. The van der Waals surface area contributed by atoms with Crippen LogP contribution in [0.4, 0.5) is 0 Å². The first-order chi connectivity index (χ1) is 22.7. The Kier molecular flexibility index (Phi) is 11.2. The molecule has 2 heterocycles. The summed E-state index contributed by atoms with van der Waals surface area (Å²) in [6, 6.07) is 0.659. The molecule has 5 saturated carbocycles. The smallest absolute Gasteiger partial charge is 0.229 e. The molecule has 7 aliphatic rings. The topological polar surface area (TPSA) is 125 Å². The van der Waals surface area contributed by atoms with E-state index in [1.807, 2.05) is 0 Å². The van der Waals surface area contributed by atoms with Gasteiger partial charge < -0.3 is 31.1 Å². The summed E-state index contributed by atoms with van der Waals surface area (Å²) < 4.78 is 0. The van der Waals surface area contributed by atoms with Gasteiger partial charge in [0, 0.05) is 34.9 Å². The van der Waals surface area contributed by atoms with Gasteiger partial charge in [0.1, 0.15) is 0 Å². The molecule has 0 spiro atoms. The number of quaternary nitrogens is 2. The summed E-state index contributed by atoms with van der Waals surface area (Å²) in [5, 5.41) is 13.6. The van der Waals surface area contributed by atoms with Crippen LogP contribution in [0, 0.1) is 23.2 Å². The lowest BCUT2D eigenvalue weighted by Crippen LogP contribution is -3.14. The highest BCUT2D eigenvalue weighted by atomic mass is 16.2. The van der Waals surface area contributed by atoms with Gasteiger partial charge in [0.15, 0.2) is 0 Å². The number of hydrogen-bond acceptors (Lipinski definition) is 4. The third-order valence-corrected chi connectivity index (χ3v) is 13.6. The second kappa shape index (κ2) is 15.1. The maximum absolute atomic E-state index is 13.7. The number of piperidine rings is 2. The first-order valence-corrected chi connectivity index (χ1v) is 19.5. The Labute approximate surface area is 282 Å². The molecule has 0 aromatic carbocycles. The number of rotatable bonds is 9. The molecule has 7 fully saturated rings. The molecule has 4 unspecified atom stereocenters. The number of likely N-dealkylation sites (tertiary alicyclic amines) is 2. The highest BCUT2D eigenvalue weighted by Gasteiger charge is 2.53. The average molecular weight is 657 g/mol. The minimum Gasteiger partial charge on any atom is -0.353 e. The van der Waals surface area contributed by atoms with Gasteiger partial charge in [0.2, 0.25) is 23.6 Å². The van der Waals surface area contributed by atoms with Crippen molar-refractivity contribution in [3.8, 4) is 0 Å². The van der Waals surface area contributed by atoms with Gasteiger partial charge in [0.05, 0.1) is 51.7 Å². The summed E-state index contributed by atoms with van der Waals surface area (Å²) in [5.74, 6) is 1.03. The van der Waals surface area contributed by atoms with Crippen molar-refractivity contribution in [2.75, 3.05) is 39.8 Å². The molecule has 6 N–H and O–H groups in total. The van der Waals surface area contributed by atoms with E-state index in [1.165, 1.54) is 17.9 Å². The Morgan fingerprint density at radius 1 is 0.596 bits per heavy atom. The van der Waals surface area contributed by atoms with Gasteiger partial charge in [0.25, 0.3) is 0 Å². The van der Waals surface area contributed by atoms with Gasteiger partial charge in [-0.25, -0.2) is 0 Å². The minimum absolute atomic E-state index is 0.0201. The van der Waals surface area contributed by atoms with E-state index in [4.69, 9.17) is 0 Å². The van der Waals surface area contributed by atoms with Crippen LogP contribution in [0.25, 0.3) is 0 Å². The van der Waals surface area contributed by atoms with Crippen LogP contribution in [0.15, 0.2) is 0 Å². The van der Waals surface area contributed by atoms with Gasteiger partial charge in [-0.1, -0.05) is 0 Å². The summed E-state index contributed by atoms with van der Waals surface area (Å²) in [7, 11) is 2.17. The number of hydrogen-bond donors (Lipinski definition) is 6. The molecule has 0 radical (unpaired) electrons. The van der Waals surface area contributed by atoms with Crippen molar-refractivity contribution in [1.82, 2.24) is 21.3 Å². The van der Waals surface area contributed by atoms with Crippen LogP contribution in [0.3, 0.4) is 0 Å². The van der Waals surface area contributed by atoms with Crippen molar-refractivity contribution >= 4 is 23.6 Å². The molecule has 47 heavy (non-hydrogen) atoms. The first kappa shape index (κ1) is 34.7. The lowest BCUT2D eigenvalue weighted by molar-refractivity contribution is -0.904. The van der Waals surface area contributed by atoms with Crippen molar-refractivity contribution in [1.29, 1.82) is 0 Å². The summed E-state index contributed by atoms with van der Waals surface area (Å²) >= 11 is 0. The zero-order valence-corrected chi connectivity index (χ0v) is 29.4. The molecule has 0 aromatic rings. The van der Waals surface area contributed by atoms with E-state index >= 15 is 0 Å². The quantitative estimate of drug-likeness (QED) is 0.218. The predicted octanol–water partition coefficient (Wildman–Crippen LogP) is 0.654. The summed E-state index contributed by atoms with van der Waals surface area (Å²) in [5.41, 5.74) is -0.473. The van der Waals surface area contributed by atoms with Gasteiger partial charge in [-0.3, -0.25) is 19.2 Å². The van der Waals surface area contributed by atoms with E-state index in [0.29, 0.717) is 6.04 Å². The average Bonchev–Trinajstić information content (AvgIpc) is 3.09. The van der Waals surface area contributed by atoms with E-state index in [2.05, 4.69) is 35.2 Å². The molecule has 2 bridgehead atoms. The van der Waals surface area contributed by atoms with Crippen LogP contribution in [0.1, 0.15) is 122 Å². The van der Waals surface area contributed by atoms with Crippen molar-refractivity contribution in [3.05, 3.63) is 0 Å². The van der Waals surface area contributed by atoms with Crippen LogP contribution in [-0.2, 0) is 19.2 Å². The van der Waals surface area contributed by atoms with Gasteiger partial charge in [-0.2, -0.15) is 0 Å². The zero-order chi connectivity index (χ0) is 33.0. The molecule has 2 saturated heterocycles. The summed E-state index contributed by atoms with van der Waals surface area (Å²) in [6.45, 7) is 7.68. The number of fused-ring (bicyclic) bond motifs is 3. The third kappa shape index (κ3) is 8.34. The summed E-state index contributed by atoms with van der Waals surface area (Å²) in [6.07, 6.45) is 16.4. The highest BCUT2D eigenvalue weighted by molar-refractivity contribution is 5.84. The maximum Gasteiger partial charge on any atom is 0.229 e. The van der Waals surface area contributed by atoms with Crippen molar-refractivity contribution < 1.29 is 29.0 Å². The largest absolute Gasteiger partial charge is 0.353 e. The monoisotopic (exact) mass is 656 g/mol. The predicted molar refractivity (Wildman–Crippen MR) is 181 cm³/mol. The normalized spacial score (nSPS) is 40.6. The Balaban J connectivity index is 0.892. The van der Waals surface area contributed by atoms with Crippen LogP contribution >= 0.6 is 0 Å². The van der Waals surface area contributed by atoms with Gasteiger partial charge in [-0.05, 0) is 122 Å². The number of likely N-dealkylation sites (N-methyl/N-ethyl adjacent to an activating group) is 1. The van der Waals surface area contributed by atoms with Crippen molar-refractivity contribution in [2.24, 2.45) is 23.2 Å². The summed E-state index contributed by atoms with van der Waals surface area (Å²) in [4.78, 5) is 56.0. The Morgan fingerprint density at radius 2 is 1.15 bits per heavy atom. The third-order valence-electron chi connectivity index (χ3n) is 13.6. The van der Waals surface area contributed by atoms with Crippen LogP contribution in [0.5, 0.6) is 0 Å². The fourth-order valence-electron chi connectivity index (χ4n) is 10.1. The molecule has 7 rings (SSSR count). The first-order valence-electron chi connectivity index (χ1n) is 19.5. The number of amides is 4. The van der Waals surface area contributed by atoms with E-state index in [1.54, 1.807) is 4.90 Å². The van der Waals surface area contributed by atoms with Crippen molar-refractivity contribution in [3.63, 3.8) is 0 Å². The maximum atomic E-state index is 13.7.